The third kappa shape index (κ3) is 2.08. The highest BCUT2D eigenvalue weighted by molar-refractivity contribution is 5.89. The molecule has 0 atom stereocenters. The van der Waals surface area contributed by atoms with Gasteiger partial charge in [0, 0.05) is 5.39 Å². The molecule has 0 aliphatic carbocycles. The fraction of sp³-hybridized carbons (Fsp3) is 0.308. The van der Waals surface area contributed by atoms with E-state index >= 15 is 0 Å². The van der Waals surface area contributed by atoms with Crippen LogP contribution in [0.4, 0.5) is 5.69 Å². The van der Waals surface area contributed by atoms with E-state index in [1.807, 2.05) is 24.3 Å². The maximum atomic E-state index is 5.89. The third-order valence-electron chi connectivity index (χ3n) is 2.31. The second-order valence-electron chi connectivity index (χ2n) is 4.26. The first-order valence-electron chi connectivity index (χ1n) is 5.44. The van der Waals surface area contributed by atoms with Gasteiger partial charge < -0.3 is 10.5 Å². The van der Waals surface area contributed by atoms with Crippen molar-refractivity contribution in [3.05, 3.63) is 30.5 Å². The van der Waals surface area contributed by atoms with E-state index in [2.05, 4.69) is 18.8 Å². The molecule has 0 radical (unpaired) electrons. The topological polar surface area (TPSA) is 48.1 Å². The molecule has 0 spiro atoms. The van der Waals surface area contributed by atoms with Gasteiger partial charge in [-0.2, -0.15) is 0 Å². The maximum Gasteiger partial charge on any atom is 0.153 e. The fourth-order valence-electron chi connectivity index (χ4n) is 1.54. The molecule has 3 heteroatoms. The summed E-state index contributed by atoms with van der Waals surface area (Å²) in [4.78, 5) is 4.26. The van der Waals surface area contributed by atoms with Gasteiger partial charge in [-0.1, -0.05) is 26.0 Å². The van der Waals surface area contributed by atoms with Gasteiger partial charge in [-0.05, 0) is 18.1 Å². The average molecular weight is 216 g/mol. The molecule has 1 heterocycles. The number of para-hydroxylation sites is 1. The Kier molecular flexibility index (Phi) is 2.95. The van der Waals surface area contributed by atoms with Crippen molar-refractivity contribution in [2.24, 2.45) is 5.92 Å². The smallest absolute Gasteiger partial charge is 0.153 e. The van der Waals surface area contributed by atoms with Gasteiger partial charge in [0.2, 0.25) is 0 Å². The molecule has 0 saturated carbocycles. The summed E-state index contributed by atoms with van der Waals surface area (Å²) in [6, 6.07) is 7.86. The highest BCUT2D eigenvalue weighted by atomic mass is 16.5. The van der Waals surface area contributed by atoms with Crippen LogP contribution < -0.4 is 10.5 Å². The number of hydrogen-bond donors (Lipinski definition) is 1. The van der Waals surface area contributed by atoms with Crippen LogP contribution in [0.3, 0.4) is 0 Å². The number of nitrogen functional groups attached to an aromatic ring is 1. The van der Waals surface area contributed by atoms with Crippen molar-refractivity contribution < 1.29 is 4.74 Å². The van der Waals surface area contributed by atoms with Crippen molar-refractivity contribution in [1.82, 2.24) is 4.98 Å². The second-order valence-corrected chi connectivity index (χ2v) is 4.26. The summed E-state index contributed by atoms with van der Waals surface area (Å²) in [6.45, 7) is 4.89. The lowest BCUT2D eigenvalue weighted by molar-refractivity contribution is 0.275. The van der Waals surface area contributed by atoms with Gasteiger partial charge in [-0.15, -0.1) is 0 Å². The van der Waals surface area contributed by atoms with Gasteiger partial charge in [-0.3, -0.25) is 4.98 Å². The van der Waals surface area contributed by atoms with Crippen LogP contribution in [0.5, 0.6) is 5.75 Å². The minimum Gasteiger partial charge on any atom is -0.490 e. The van der Waals surface area contributed by atoms with Gasteiger partial charge in [0.25, 0.3) is 0 Å². The average Bonchev–Trinajstić information content (AvgIpc) is 2.27. The Bertz CT molecular complexity index is 494. The van der Waals surface area contributed by atoms with Crippen molar-refractivity contribution in [3.63, 3.8) is 0 Å². The standard InChI is InChI=1S/C13H16N2O/c1-9(2)8-16-13-10-5-3-4-6-12(10)15-7-11(13)14/h3-7,9H,8,14H2,1-2H3. The third-order valence-corrected chi connectivity index (χ3v) is 2.31. The van der Waals surface area contributed by atoms with Crippen LogP contribution in [-0.4, -0.2) is 11.6 Å². The number of benzene rings is 1. The first kappa shape index (κ1) is 10.7. The SMILES string of the molecule is CC(C)COc1c(N)cnc2ccccc12. The molecule has 0 unspecified atom stereocenters. The predicted molar refractivity (Wildman–Crippen MR) is 66.5 cm³/mol. The lowest BCUT2D eigenvalue weighted by Gasteiger charge is -2.12. The number of aromatic nitrogens is 1. The summed E-state index contributed by atoms with van der Waals surface area (Å²) < 4.78 is 5.75. The molecule has 84 valence electrons. The van der Waals surface area contributed by atoms with Gasteiger partial charge >= 0.3 is 0 Å². The molecule has 2 N–H and O–H groups in total. The highest BCUT2D eigenvalue weighted by Crippen LogP contribution is 2.30. The Hall–Kier alpha value is -1.77. The first-order chi connectivity index (χ1) is 7.68. The number of nitrogens with zero attached hydrogens (tertiary/aromatic N) is 1. The molecule has 0 fully saturated rings. The Morgan fingerprint density at radius 1 is 1.31 bits per heavy atom. The van der Waals surface area contributed by atoms with Crippen LogP contribution in [0, 0.1) is 5.92 Å². The van der Waals surface area contributed by atoms with Crippen LogP contribution in [0.2, 0.25) is 0 Å². The van der Waals surface area contributed by atoms with Crippen molar-refractivity contribution in [2.45, 2.75) is 13.8 Å². The summed E-state index contributed by atoms with van der Waals surface area (Å²) >= 11 is 0. The fourth-order valence-corrected chi connectivity index (χ4v) is 1.54. The van der Waals surface area contributed by atoms with E-state index in [4.69, 9.17) is 10.5 Å². The number of rotatable bonds is 3. The monoisotopic (exact) mass is 216 g/mol. The Morgan fingerprint density at radius 3 is 2.81 bits per heavy atom. The van der Waals surface area contributed by atoms with E-state index < -0.39 is 0 Å². The summed E-state index contributed by atoms with van der Waals surface area (Å²) in [7, 11) is 0. The number of nitrogens with two attached hydrogens (primary N) is 1. The molecular weight excluding hydrogens is 200 g/mol. The predicted octanol–water partition coefficient (Wildman–Crippen LogP) is 2.85. The molecule has 0 amide bonds. The minimum atomic E-state index is 0.478. The highest BCUT2D eigenvalue weighted by Gasteiger charge is 2.07. The maximum absolute atomic E-state index is 5.89. The van der Waals surface area contributed by atoms with Crippen molar-refractivity contribution in [3.8, 4) is 5.75 Å². The first-order valence-corrected chi connectivity index (χ1v) is 5.44. The van der Waals surface area contributed by atoms with Gasteiger partial charge in [0.1, 0.15) is 0 Å². The number of pyridine rings is 1. The Labute approximate surface area is 95.2 Å². The lowest BCUT2D eigenvalue weighted by Crippen LogP contribution is -2.06. The van der Waals surface area contributed by atoms with E-state index in [0.717, 1.165) is 16.7 Å². The molecule has 16 heavy (non-hydrogen) atoms. The molecular formula is C13H16N2O. The number of fused-ring (bicyclic) bond motifs is 1. The van der Waals surface area contributed by atoms with Crippen LogP contribution in [0.15, 0.2) is 30.5 Å². The van der Waals surface area contributed by atoms with Crippen LogP contribution in [-0.2, 0) is 0 Å². The zero-order chi connectivity index (χ0) is 11.5. The number of hydrogen-bond acceptors (Lipinski definition) is 3. The second kappa shape index (κ2) is 4.39. The Balaban J connectivity index is 2.44. The Morgan fingerprint density at radius 2 is 2.06 bits per heavy atom. The minimum absolute atomic E-state index is 0.478. The van der Waals surface area contributed by atoms with E-state index in [0.29, 0.717) is 18.2 Å². The molecule has 0 saturated heterocycles. The molecule has 0 aliphatic rings. The molecule has 1 aromatic heterocycles. The number of anilines is 1. The van der Waals surface area contributed by atoms with Crippen LogP contribution in [0.1, 0.15) is 13.8 Å². The van der Waals surface area contributed by atoms with Gasteiger partial charge in [0.15, 0.2) is 5.75 Å². The zero-order valence-electron chi connectivity index (χ0n) is 9.60. The molecule has 3 nitrogen and oxygen atoms in total. The van der Waals surface area contributed by atoms with Crippen molar-refractivity contribution in [2.75, 3.05) is 12.3 Å². The summed E-state index contributed by atoms with van der Waals surface area (Å²) in [5.74, 6) is 1.23. The normalized spacial score (nSPS) is 10.9. The summed E-state index contributed by atoms with van der Waals surface area (Å²) in [5, 5.41) is 0.975. The molecule has 2 aromatic rings. The van der Waals surface area contributed by atoms with E-state index in [9.17, 15) is 0 Å². The molecule has 0 aliphatic heterocycles. The van der Waals surface area contributed by atoms with Crippen molar-refractivity contribution in [1.29, 1.82) is 0 Å². The quantitative estimate of drug-likeness (QED) is 0.858. The van der Waals surface area contributed by atoms with Gasteiger partial charge in [0.05, 0.1) is 24.0 Å². The van der Waals surface area contributed by atoms with Gasteiger partial charge in [-0.25, -0.2) is 0 Å². The molecule has 1 aromatic carbocycles. The van der Waals surface area contributed by atoms with Crippen LogP contribution in [0.25, 0.3) is 10.9 Å². The van der Waals surface area contributed by atoms with Crippen LogP contribution >= 0.6 is 0 Å². The zero-order valence-corrected chi connectivity index (χ0v) is 9.60. The van der Waals surface area contributed by atoms with E-state index in [1.165, 1.54) is 0 Å². The molecule has 2 rings (SSSR count). The summed E-state index contributed by atoms with van der Waals surface area (Å²) in [6.07, 6.45) is 1.65. The van der Waals surface area contributed by atoms with E-state index in [-0.39, 0.29) is 0 Å². The largest absolute Gasteiger partial charge is 0.490 e. The number of ether oxygens (including phenoxy) is 1. The van der Waals surface area contributed by atoms with E-state index in [1.54, 1.807) is 6.20 Å². The van der Waals surface area contributed by atoms with Crippen molar-refractivity contribution >= 4 is 16.6 Å². The lowest BCUT2D eigenvalue weighted by atomic mass is 10.2. The summed E-state index contributed by atoms with van der Waals surface area (Å²) in [5.41, 5.74) is 7.39. The molecule has 0 bridgehead atoms.